The van der Waals surface area contributed by atoms with Gasteiger partial charge in [-0.2, -0.15) is 5.11 Å². The molecule has 0 unspecified atom stereocenters. The number of H-pyrrole nitrogens is 1. The zero-order valence-electron chi connectivity index (χ0n) is 14.2. The summed E-state index contributed by atoms with van der Waals surface area (Å²) in [5.41, 5.74) is 1.66. The van der Waals surface area contributed by atoms with Gasteiger partial charge in [0.1, 0.15) is 11.3 Å². The molecule has 0 atom stereocenters. The second-order valence-corrected chi connectivity index (χ2v) is 5.39. The maximum absolute atomic E-state index is 12.3. The van der Waals surface area contributed by atoms with Gasteiger partial charge in [-0.05, 0) is 25.1 Å². The third-order valence-corrected chi connectivity index (χ3v) is 3.61. The van der Waals surface area contributed by atoms with Crippen LogP contribution in [0.2, 0.25) is 0 Å². The van der Waals surface area contributed by atoms with Crippen LogP contribution in [-0.2, 0) is 4.74 Å². The van der Waals surface area contributed by atoms with Crippen LogP contribution in [0.3, 0.4) is 0 Å². The lowest BCUT2D eigenvalue weighted by molar-refractivity contribution is 0.0524. The molecule has 0 saturated heterocycles. The van der Waals surface area contributed by atoms with Gasteiger partial charge in [0.25, 0.3) is 5.56 Å². The first-order valence-electron chi connectivity index (χ1n) is 8.15. The summed E-state index contributed by atoms with van der Waals surface area (Å²) in [4.78, 5) is 27.1. The van der Waals surface area contributed by atoms with E-state index in [4.69, 9.17) is 4.74 Å². The number of benzene rings is 2. The van der Waals surface area contributed by atoms with Crippen molar-refractivity contribution in [2.75, 3.05) is 6.61 Å². The summed E-state index contributed by atoms with van der Waals surface area (Å²) in [5.74, 6) is -0.690. The normalized spacial score (nSPS) is 10.8. The van der Waals surface area contributed by atoms with Crippen molar-refractivity contribution in [2.24, 2.45) is 10.2 Å². The van der Waals surface area contributed by atoms with Crippen molar-refractivity contribution < 1.29 is 9.53 Å². The Morgan fingerprint density at radius 2 is 1.65 bits per heavy atom. The summed E-state index contributed by atoms with van der Waals surface area (Å²) in [6.07, 6.45) is 0. The summed E-state index contributed by atoms with van der Waals surface area (Å²) < 4.78 is 4.94. The van der Waals surface area contributed by atoms with Crippen LogP contribution < -0.4 is 5.56 Å². The lowest BCUT2D eigenvalue weighted by Gasteiger charge is -2.08. The van der Waals surface area contributed by atoms with Crippen LogP contribution >= 0.6 is 0 Å². The van der Waals surface area contributed by atoms with Crippen molar-refractivity contribution in [2.45, 2.75) is 6.92 Å². The van der Waals surface area contributed by atoms with Crippen LogP contribution in [0.4, 0.5) is 11.4 Å². The van der Waals surface area contributed by atoms with E-state index in [0.29, 0.717) is 17.1 Å². The summed E-state index contributed by atoms with van der Waals surface area (Å²) in [7, 11) is 0. The van der Waals surface area contributed by atoms with Crippen molar-refractivity contribution in [1.29, 1.82) is 0 Å². The molecule has 3 aromatic rings. The van der Waals surface area contributed by atoms with Crippen LogP contribution in [0, 0.1) is 0 Å². The number of aromatic nitrogens is 1. The molecule has 0 amide bonds. The molecule has 26 heavy (non-hydrogen) atoms. The van der Waals surface area contributed by atoms with E-state index >= 15 is 0 Å². The van der Waals surface area contributed by atoms with E-state index in [1.54, 1.807) is 6.92 Å². The smallest absolute Gasteiger partial charge is 0.343 e. The van der Waals surface area contributed by atoms with E-state index in [1.807, 2.05) is 60.7 Å². The summed E-state index contributed by atoms with van der Waals surface area (Å²) in [6, 6.07) is 19.9. The minimum atomic E-state index is -0.690. The molecule has 6 nitrogen and oxygen atoms in total. The van der Waals surface area contributed by atoms with Gasteiger partial charge in [0, 0.05) is 5.56 Å². The Balaban J connectivity index is 2.11. The molecule has 1 N–H and O–H groups in total. The Hall–Kier alpha value is -3.54. The average Bonchev–Trinajstić information content (AvgIpc) is 2.68. The van der Waals surface area contributed by atoms with Gasteiger partial charge in [0.05, 0.1) is 18.0 Å². The quantitative estimate of drug-likeness (QED) is 0.539. The fourth-order valence-electron chi connectivity index (χ4n) is 2.39. The highest BCUT2D eigenvalue weighted by molar-refractivity contribution is 5.91. The third-order valence-electron chi connectivity index (χ3n) is 3.61. The standard InChI is InChI=1S/C20H17N3O3/c1-2-26-20(25)16-13-17(23-22-15-11-7-4-8-12-15)18(21-19(16)24)14-9-5-3-6-10-14/h3-13H,2H2,1H3,(H,21,24). The fourth-order valence-corrected chi connectivity index (χ4v) is 2.39. The maximum Gasteiger partial charge on any atom is 0.343 e. The van der Waals surface area contributed by atoms with E-state index in [0.717, 1.165) is 5.56 Å². The second kappa shape index (κ2) is 8.02. The van der Waals surface area contributed by atoms with E-state index in [2.05, 4.69) is 15.2 Å². The summed E-state index contributed by atoms with van der Waals surface area (Å²) >= 11 is 0. The lowest BCUT2D eigenvalue weighted by atomic mass is 10.1. The van der Waals surface area contributed by atoms with Crippen molar-refractivity contribution in [3.63, 3.8) is 0 Å². The largest absolute Gasteiger partial charge is 0.462 e. The average molecular weight is 347 g/mol. The highest BCUT2D eigenvalue weighted by Crippen LogP contribution is 2.29. The molecule has 0 bridgehead atoms. The van der Waals surface area contributed by atoms with Crippen LogP contribution in [0.5, 0.6) is 0 Å². The zero-order valence-corrected chi connectivity index (χ0v) is 14.2. The number of aromatic amines is 1. The first-order chi connectivity index (χ1) is 12.7. The number of esters is 1. The molecule has 0 spiro atoms. The first-order valence-corrected chi connectivity index (χ1v) is 8.15. The molecule has 1 aromatic heterocycles. The van der Waals surface area contributed by atoms with Crippen LogP contribution in [-0.4, -0.2) is 17.6 Å². The van der Waals surface area contributed by atoms with Gasteiger partial charge in [0.2, 0.25) is 0 Å². The number of rotatable bonds is 5. The van der Waals surface area contributed by atoms with E-state index in [-0.39, 0.29) is 12.2 Å². The monoisotopic (exact) mass is 347 g/mol. The molecule has 0 saturated carbocycles. The minimum absolute atomic E-state index is 0.103. The SMILES string of the molecule is CCOC(=O)c1cc(N=Nc2ccccc2)c(-c2ccccc2)[nH]c1=O. The number of carbonyl (C=O) groups is 1. The van der Waals surface area contributed by atoms with Gasteiger partial charge >= 0.3 is 5.97 Å². The number of hydrogen-bond acceptors (Lipinski definition) is 5. The molecular formula is C20H17N3O3. The summed E-state index contributed by atoms with van der Waals surface area (Å²) in [5, 5.41) is 8.43. The van der Waals surface area contributed by atoms with Crippen LogP contribution in [0.1, 0.15) is 17.3 Å². The van der Waals surface area contributed by atoms with Gasteiger partial charge in [-0.3, -0.25) is 4.79 Å². The van der Waals surface area contributed by atoms with Crippen molar-refractivity contribution >= 4 is 17.3 Å². The number of carbonyl (C=O) groups excluding carboxylic acids is 1. The number of pyridine rings is 1. The minimum Gasteiger partial charge on any atom is -0.462 e. The Labute approximate surface area is 150 Å². The Morgan fingerprint density at radius 1 is 1.00 bits per heavy atom. The van der Waals surface area contributed by atoms with Gasteiger partial charge < -0.3 is 9.72 Å². The van der Waals surface area contributed by atoms with Gasteiger partial charge in [-0.25, -0.2) is 4.79 Å². The Bertz CT molecular complexity index is 980. The number of nitrogens with one attached hydrogen (secondary N) is 1. The molecule has 0 aliphatic carbocycles. The van der Waals surface area contributed by atoms with Crippen molar-refractivity contribution in [1.82, 2.24) is 4.98 Å². The number of hydrogen-bond donors (Lipinski definition) is 1. The molecule has 130 valence electrons. The second-order valence-electron chi connectivity index (χ2n) is 5.39. The molecule has 0 radical (unpaired) electrons. The number of nitrogens with zero attached hydrogens (tertiary/aromatic N) is 2. The van der Waals surface area contributed by atoms with Crippen molar-refractivity contribution in [3.05, 3.63) is 82.6 Å². The Kier molecular flexibility index (Phi) is 5.34. The van der Waals surface area contributed by atoms with Gasteiger partial charge in [-0.15, -0.1) is 5.11 Å². The van der Waals surface area contributed by atoms with E-state index < -0.39 is 11.5 Å². The van der Waals surface area contributed by atoms with Crippen molar-refractivity contribution in [3.8, 4) is 11.3 Å². The highest BCUT2D eigenvalue weighted by Gasteiger charge is 2.16. The zero-order chi connectivity index (χ0) is 18.4. The molecule has 0 fully saturated rings. The lowest BCUT2D eigenvalue weighted by Crippen LogP contribution is -2.20. The van der Waals surface area contributed by atoms with E-state index in [1.165, 1.54) is 6.07 Å². The number of azo groups is 1. The molecule has 2 aromatic carbocycles. The molecule has 1 heterocycles. The van der Waals surface area contributed by atoms with Crippen LogP contribution in [0.15, 0.2) is 81.8 Å². The fraction of sp³-hybridized carbons (Fsp3) is 0.100. The van der Waals surface area contributed by atoms with Crippen LogP contribution in [0.25, 0.3) is 11.3 Å². The topological polar surface area (TPSA) is 83.9 Å². The third kappa shape index (κ3) is 3.92. The molecule has 0 aliphatic heterocycles. The summed E-state index contributed by atoms with van der Waals surface area (Å²) in [6.45, 7) is 1.86. The number of ether oxygens (including phenoxy) is 1. The van der Waals surface area contributed by atoms with Gasteiger partial charge in [0.15, 0.2) is 0 Å². The predicted molar refractivity (Wildman–Crippen MR) is 99.1 cm³/mol. The molecule has 0 aliphatic rings. The molecule has 3 rings (SSSR count). The van der Waals surface area contributed by atoms with Gasteiger partial charge in [-0.1, -0.05) is 48.5 Å². The molecular weight excluding hydrogens is 330 g/mol. The molecule has 6 heteroatoms. The predicted octanol–water partition coefficient (Wildman–Crippen LogP) is 4.63. The first kappa shape index (κ1) is 17.3. The Morgan fingerprint density at radius 3 is 2.31 bits per heavy atom. The maximum atomic E-state index is 12.3. The highest BCUT2D eigenvalue weighted by atomic mass is 16.5. The van der Waals surface area contributed by atoms with E-state index in [9.17, 15) is 9.59 Å².